The van der Waals surface area contributed by atoms with Crippen LogP contribution in [0.1, 0.15) is 32.3 Å². The standard InChI is InChI=1S/C20H29NO7S/c1-5-14(2)21(16-8-9-29(24,25)13-16)19(22)12-28-20(23)11-15-6-7-17(26-3)18(10-15)27-4/h6-7,10,14,16H,5,8-9,11-13H2,1-4H3/t14-,16+/m1/s1. The third-order valence-electron chi connectivity index (χ3n) is 5.11. The summed E-state index contributed by atoms with van der Waals surface area (Å²) in [4.78, 5) is 26.5. The molecular weight excluding hydrogens is 398 g/mol. The number of carbonyl (C=O) groups is 2. The fourth-order valence-electron chi connectivity index (χ4n) is 3.43. The Morgan fingerprint density at radius 1 is 1.21 bits per heavy atom. The number of esters is 1. The van der Waals surface area contributed by atoms with Crippen LogP contribution >= 0.6 is 0 Å². The average Bonchev–Trinajstić information content (AvgIpc) is 3.05. The van der Waals surface area contributed by atoms with E-state index in [9.17, 15) is 18.0 Å². The summed E-state index contributed by atoms with van der Waals surface area (Å²) in [5, 5.41) is 0. The Labute approximate surface area is 172 Å². The Bertz CT molecular complexity index is 837. The second-order valence-electron chi connectivity index (χ2n) is 7.14. The summed E-state index contributed by atoms with van der Waals surface area (Å²) in [5.41, 5.74) is 0.667. The molecule has 0 spiro atoms. The molecule has 1 saturated heterocycles. The van der Waals surface area contributed by atoms with Gasteiger partial charge >= 0.3 is 5.97 Å². The van der Waals surface area contributed by atoms with E-state index >= 15 is 0 Å². The summed E-state index contributed by atoms with van der Waals surface area (Å²) in [6.45, 7) is 3.39. The van der Waals surface area contributed by atoms with Crippen LogP contribution in [0.5, 0.6) is 11.5 Å². The first kappa shape index (κ1) is 23.0. The number of ether oxygens (including phenoxy) is 3. The van der Waals surface area contributed by atoms with Crippen molar-refractivity contribution < 1.29 is 32.2 Å². The molecule has 2 rings (SSSR count). The molecule has 0 radical (unpaired) electrons. The van der Waals surface area contributed by atoms with Gasteiger partial charge in [-0.25, -0.2) is 8.42 Å². The van der Waals surface area contributed by atoms with Crippen molar-refractivity contribution in [2.24, 2.45) is 0 Å². The van der Waals surface area contributed by atoms with Crippen molar-refractivity contribution in [3.63, 3.8) is 0 Å². The molecule has 1 aliphatic heterocycles. The van der Waals surface area contributed by atoms with Crippen LogP contribution in [0.15, 0.2) is 18.2 Å². The van der Waals surface area contributed by atoms with Crippen molar-refractivity contribution in [2.45, 2.75) is 45.2 Å². The third-order valence-corrected chi connectivity index (χ3v) is 6.86. The van der Waals surface area contributed by atoms with E-state index in [1.807, 2.05) is 13.8 Å². The van der Waals surface area contributed by atoms with Gasteiger partial charge in [0.05, 0.1) is 32.1 Å². The molecule has 0 unspecified atom stereocenters. The van der Waals surface area contributed by atoms with E-state index < -0.39 is 22.4 Å². The van der Waals surface area contributed by atoms with Crippen LogP contribution < -0.4 is 9.47 Å². The first-order chi connectivity index (χ1) is 13.7. The molecule has 1 aromatic carbocycles. The van der Waals surface area contributed by atoms with Gasteiger partial charge in [0.1, 0.15) is 0 Å². The van der Waals surface area contributed by atoms with Gasteiger partial charge in [0.15, 0.2) is 27.9 Å². The number of nitrogens with zero attached hydrogens (tertiary/aromatic N) is 1. The molecule has 1 amide bonds. The first-order valence-electron chi connectivity index (χ1n) is 9.58. The van der Waals surface area contributed by atoms with Gasteiger partial charge in [0.2, 0.25) is 0 Å². The zero-order valence-electron chi connectivity index (χ0n) is 17.3. The predicted octanol–water partition coefficient (Wildman–Crippen LogP) is 1.60. The molecule has 1 heterocycles. The predicted molar refractivity (Wildman–Crippen MR) is 108 cm³/mol. The highest BCUT2D eigenvalue weighted by atomic mass is 32.2. The Morgan fingerprint density at radius 3 is 2.45 bits per heavy atom. The lowest BCUT2D eigenvalue weighted by molar-refractivity contribution is -0.153. The maximum absolute atomic E-state index is 12.7. The molecule has 0 bridgehead atoms. The summed E-state index contributed by atoms with van der Waals surface area (Å²) in [6.07, 6.45) is 1.08. The minimum Gasteiger partial charge on any atom is -0.493 e. The molecule has 29 heavy (non-hydrogen) atoms. The molecule has 1 aliphatic rings. The summed E-state index contributed by atoms with van der Waals surface area (Å²) in [7, 11) is -0.0947. The van der Waals surface area contributed by atoms with Gasteiger partial charge in [-0.15, -0.1) is 0 Å². The van der Waals surface area contributed by atoms with Crippen molar-refractivity contribution in [2.75, 3.05) is 32.3 Å². The van der Waals surface area contributed by atoms with E-state index in [4.69, 9.17) is 14.2 Å². The summed E-state index contributed by atoms with van der Waals surface area (Å²) in [5.74, 6) is 0.171. The molecular formula is C20H29NO7S. The van der Waals surface area contributed by atoms with Crippen molar-refractivity contribution in [1.29, 1.82) is 0 Å². The number of methoxy groups -OCH3 is 2. The van der Waals surface area contributed by atoms with Crippen molar-refractivity contribution in [3.05, 3.63) is 23.8 Å². The minimum absolute atomic E-state index is 0.0191. The topological polar surface area (TPSA) is 99.2 Å². The molecule has 162 valence electrons. The molecule has 2 atom stereocenters. The number of hydrogen-bond acceptors (Lipinski definition) is 7. The quantitative estimate of drug-likeness (QED) is 0.552. The SMILES string of the molecule is CC[C@@H](C)N(C(=O)COC(=O)Cc1ccc(OC)c(OC)c1)[C@H]1CCS(=O)(=O)C1. The van der Waals surface area contributed by atoms with Crippen LogP contribution in [-0.4, -0.2) is 69.6 Å². The minimum atomic E-state index is -3.12. The largest absolute Gasteiger partial charge is 0.493 e. The molecule has 0 aromatic heterocycles. The fraction of sp³-hybridized carbons (Fsp3) is 0.600. The molecule has 1 fully saturated rings. The van der Waals surface area contributed by atoms with Crippen LogP contribution in [0.4, 0.5) is 0 Å². The zero-order chi connectivity index (χ0) is 21.6. The van der Waals surface area contributed by atoms with Gasteiger partial charge in [-0.3, -0.25) is 9.59 Å². The second kappa shape index (κ2) is 9.96. The monoisotopic (exact) mass is 427 g/mol. The molecule has 9 heteroatoms. The number of rotatable bonds is 9. The summed E-state index contributed by atoms with van der Waals surface area (Å²) in [6, 6.07) is 4.59. The van der Waals surface area contributed by atoms with Crippen molar-refractivity contribution in [1.82, 2.24) is 4.90 Å². The lowest BCUT2D eigenvalue weighted by Gasteiger charge is -2.33. The van der Waals surface area contributed by atoms with Gasteiger partial charge in [0.25, 0.3) is 5.91 Å². The molecule has 8 nitrogen and oxygen atoms in total. The van der Waals surface area contributed by atoms with Gasteiger partial charge in [-0.2, -0.15) is 0 Å². The van der Waals surface area contributed by atoms with E-state index in [1.54, 1.807) is 23.1 Å². The highest BCUT2D eigenvalue weighted by molar-refractivity contribution is 7.91. The Kier molecular flexibility index (Phi) is 7.89. The Balaban J connectivity index is 1.97. The van der Waals surface area contributed by atoms with Gasteiger partial charge in [0, 0.05) is 12.1 Å². The van der Waals surface area contributed by atoms with Crippen LogP contribution in [0.25, 0.3) is 0 Å². The maximum Gasteiger partial charge on any atom is 0.310 e. The van der Waals surface area contributed by atoms with Crippen LogP contribution in [-0.2, 0) is 30.6 Å². The lowest BCUT2D eigenvalue weighted by atomic mass is 10.1. The molecule has 0 N–H and O–H groups in total. The Hall–Kier alpha value is -2.29. The molecule has 0 aliphatic carbocycles. The summed E-state index contributed by atoms with van der Waals surface area (Å²) >= 11 is 0. The van der Waals surface area contributed by atoms with Gasteiger partial charge in [-0.05, 0) is 37.5 Å². The van der Waals surface area contributed by atoms with Gasteiger partial charge in [-0.1, -0.05) is 13.0 Å². The van der Waals surface area contributed by atoms with Crippen LogP contribution in [0.3, 0.4) is 0 Å². The number of sulfone groups is 1. The first-order valence-corrected chi connectivity index (χ1v) is 11.4. The van der Waals surface area contributed by atoms with E-state index in [2.05, 4.69) is 0 Å². The number of benzene rings is 1. The maximum atomic E-state index is 12.7. The molecule has 0 saturated carbocycles. The zero-order valence-corrected chi connectivity index (χ0v) is 18.2. The van der Waals surface area contributed by atoms with Crippen LogP contribution in [0, 0.1) is 0 Å². The Morgan fingerprint density at radius 2 is 1.90 bits per heavy atom. The van der Waals surface area contributed by atoms with E-state index in [-0.39, 0.29) is 35.9 Å². The van der Waals surface area contributed by atoms with E-state index in [1.165, 1.54) is 14.2 Å². The number of carbonyl (C=O) groups excluding carboxylic acids is 2. The smallest absolute Gasteiger partial charge is 0.310 e. The third kappa shape index (κ3) is 6.09. The normalized spacial score (nSPS) is 18.7. The second-order valence-corrected chi connectivity index (χ2v) is 9.37. The number of amides is 1. The molecule has 1 aromatic rings. The van der Waals surface area contributed by atoms with E-state index in [0.29, 0.717) is 29.9 Å². The van der Waals surface area contributed by atoms with Crippen molar-refractivity contribution >= 4 is 21.7 Å². The lowest BCUT2D eigenvalue weighted by Crippen LogP contribution is -2.48. The van der Waals surface area contributed by atoms with Gasteiger partial charge < -0.3 is 19.1 Å². The van der Waals surface area contributed by atoms with E-state index in [0.717, 1.165) is 0 Å². The highest BCUT2D eigenvalue weighted by Gasteiger charge is 2.36. The van der Waals surface area contributed by atoms with Crippen LogP contribution in [0.2, 0.25) is 0 Å². The highest BCUT2D eigenvalue weighted by Crippen LogP contribution is 2.28. The fourth-order valence-corrected chi connectivity index (χ4v) is 5.14. The van der Waals surface area contributed by atoms with Crippen molar-refractivity contribution in [3.8, 4) is 11.5 Å². The average molecular weight is 428 g/mol. The number of hydrogen-bond donors (Lipinski definition) is 0. The summed E-state index contributed by atoms with van der Waals surface area (Å²) < 4.78 is 39.2.